The number of imide groups is 1. The van der Waals surface area contributed by atoms with Crippen molar-refractivity contribution in [2.45, 2.75) is 0 Å². The van der Waals surface area contributed by atoms with E-state index in [1.165, 1.54) is 6.07 Å². The SMILES string of the molecule is O=C(Nc1nc2ccccc2o1)c1ccccc1N1C(=O)c2ccccc2C1=O. The molecule has 0 aliphatic carbocycles. The minimum absolute atomic E-state index is 0.0355. The highest BCUT2D eigenvalue weighted by atomic mass is 16.4. The molecule has 0 atom stereocenters. The molecule has 29 heavy (non-hydrogen) atoms. The summed E-state index contributed by atoms with van der Waals surface area (Å²) in [6, 6.07) is 20.1. The molecule has 2 heterocycles. The molecule has 0 radical (unpaired) electrons. The molecule has 0 unspecified atom stereocenters. The van der Waals surface area contributed by atoms with E-state index in [1.54, 1.807) is 60.7 Å². The molecule has 0 bridgehead atoms. The van der Waals surface area contributed by atoms with E-state index in [0.717, 1.165) is 4.90 Å². The van der Waals surface area contributed by atoms with Gasteiger partial charge in [-0.05, 0) is 36.4 Å². The summed E-state index contributed by atoms with van der Waals surface area (Å²) in [4.78, 5) is 43.7. The average Bonchev–Trinajstić information content (AvgIpc) is 3.26. The van der Waals surface area contributed by atoms with Crippen molar-refractivity contribution >= 4 is 40.5 Å². The topological polar surface area (TPSA) is 92.5 Å². The van der Waals surface area contributed by atoms with Gasteiger partial charge in [0.15, 0.2) is 5.58 Å². The van der Waals surface area contributed by atoms with Gasteiger partial charge in [-0.1, -0.05) is 36.4 Å². The van der Waals surface area contributed by atoms with Gasteiger partial charge in [-0.15, -0.1) is 0 Å². The lowest BCUT2D eigenvalue weighted by atomic mass is 10.1. The molecule has 7 nitrogen and oxygen atoms in total. The summed E-state index contributed by atoms with van der Waals surface area (Å²) in [5, 5.41) is 2.60. The van der Waals surface area contributed by atoms with Crippen LogP contribution in [-0.2, 0) is 0 Å². The van der Waals surface area contributed by atoms with Gasteiger partial charge in [-0.2, -0.15) is 4.98 Å². The molecule has 0 saturated heterocycles. The van der Waals surface area contributed by atoms with Gasteiger partial charge < -0.3 is 4.42 Å². The van der Waals surface area contributed by atoms with Crippen LogP contribution < -0.4 is 10.2 Å². The molecule has 0 saturated carbocycles. The lowest BCUT2D eigenvalue weighted by Gasteiger charge is -2.17. The molecule has 1 N–H and O–H groups in total. The molecule has 0 fully saturated rings. The highest BCUT2D eigenvalue weighted by Crippen LogP contribution is 2.31. The maximum Gasteiger partial charge on any atom is 0.302 e. The van der Waals surface area contributed by atoms with Gasteiger partial charge in [0.05, 0.1) is 22.4 Å². The van der Waals surface area contributed by atoms with E-state index >= 15 is 0 Å². The van der Waals surface area contributed by atoms with E-state index in [0.29, 0.717) is 22.2 Å². The zero-order valence-corrected chi connectivity index (χ0v) is 15.0. The number of nitrogens with zero attached hydrogens (tertiary/aromatic N) is 2. The quantitative estimate of drug-likeness (QED) is 0.542. The number of nitrogens with one attached hydrogen (secondary N) is 1. The molecule has 1 aromatic heterocycles. The van der Waals surface area contributed by atoms with Crippen LogP contribution in [0.2, 0.25) is 0 Å². The fourth-order valence-electron chi connectivity index (χ4n) is 3.36. The van der Waals surface area contributed by atoms with Gasteiger partial charge in [-0.25, -0.2) is 4.90 Å². The van der Waals surface area contributed by atoms with Gasteiger partial charge in [0.25, 0.3) is 17.7 Å². The van der Waals surface area contributed by atoms with E-state index in [1.807, 2.05) is 6.07 Å². The molecule has 140 valence electrons. The zero-order chi connectivity index (χ0) is 20.0. The van der Waals surface area contributed by atoms with Crippen molar-refractivity contribution in [2.75, 3.05) is 10.2 Å². The number of aromatic nitrogens is 1. The molecular formula is C22H13N3O4. The Morgan fingerprint density at radius 1 is 0.828 bits per heavy atom. The molecule has 1 aliphatic rings. The third-order valence-electron chi connectivity index (χ3n) is 4.70. The van der Waals surface area contributed by atoms with Crippen LogP contribution in [0.15, 0.2) is 77.2 Å². The normalized spacial score (nSPS) is 13.0. The van der Waals surface area contributed by atoms with Crippen molar-refractivity contribution in [1.82, 2.24) is 4.98 Å². The highest BCUT2D eigenvalue weighted by Gasteiger charge is 2.38. The number of anilines is 2. The predicted octanol–water partition coefficient (Wildman–Crippen LogP) is 3.88. The van der Waals surface area contributed by atoms with Crippen molar-refractivity contribution in [1.29, 1.82) is 0 Å². The molecule has 4 aromatic rings. The summed E-state index contributed by atoms with van der Waals surface area (Å²) < 4.78 is 5.53. The predicted molar refractivity (Wildman–Crippen MR) is 106 cm³/mol. The van der Waals surface area contributed by atoms with Crippen molar-refractivity contribution in [3.63, 3.8) is 0 Å². The van der Waals surface area contributed by atoms with Crippen molar-refractivity contribution in [3.05, 3.63) is 89.5 Å². The number of benzene rings is 3. The minimum Gasteiger partial charge on any atom is -0.423 e. The van der Waals surface area contributed by atoms with Crippen LogP contribution in [0, 0.1) is 0 Å². The Balaban J connectivity index is 1.51. The Morgan fingerprint density at radius 3 is 2.17 bits per heavy atom. The summed E-state index contributed by atoms with van der Waals surface area (Å²) in [7, 11) is 0. The first kappa shape index (κ1) is 16.9. The first-order valence-electron chi connectivity index (χ1n) is 8.87. The summed E-state index contributed by atoms with van der Waals surface area (Å²) in [5.41, 5.74) is 2.13. The maximum absolute atomic E-state index is 12.9. The number of hydrogen-bond acceptors (Lipinski definition) is 5. The van der Waals surface area contributed by atoms with E-state index in [9.17, 15) is 14.4 Å². The second-order valence-electron chi connectivity index (χ2n) is 6.45. The smallest absolute Gasteiger partial charge is 0.302 e. The van der Waals surface area contributed by atoms with Crippen LogP contribution in [0.1, 0.15) is 31.1 Å². The summed E-state index contributed by atoms with van der Waals surface area (Å²) in [6.45, 7) is 0. The Hall–Kier alpha value is -4.26. The van der Waals surface area contributed by atoms with E-state index < -0.39 is 17.7 Å². The zero-order valence-electron chi connectivity index (χ0n) is 15.0. The Bertz CT molecular complexity index is 1240. The van der Waals surface area contributed by atoms with Crippen molar-refractivity contribution in [2.24, 2.45) is 0 Å². The summed E-state index contributed by atoms with van der Waals surface area (Å²) in [6.07, 6.45) is 0. The third kappa shape index (κ3) is 2.68. The molecule has 3 amide bonds. The fraction of sp³-hybridized carbons (Fsp3) is 0. The number of hydrogen-bond donors (Lipinski definition) is 1. The molecule has 3 aromatic carbocycles. The van der Waals surface area contributed by atoms with Gasteiger partial charge in [-0.3, -0.25) is 19.7 Å². The molecule has 0 spiro atoms. The largest absolute Gasteiger partial charge is 0.423 e. The van der Waals surface area contributed by atoms with Crippen LogP contribution in [0.3, 0.4) is 0 Å². The van der Waals surface area contributed by atoms with Crippen LogP contribution in [0.25, 0.3) is 11.1 Å². The minimum atomic E-state index is -0.538. The number of amides is 3. The standard InChI is InChI=1S/C22H13N3O4/c26-19(24-22-23-16-10-4-6-12-18(16)29-22)15-9-3-5-11-17(15)25-20(27)13-7-1-2-8-14(13)21(25)28/h1-12H,(H,23,24,26). The van der Waals surface area contributed by atoms with Crippen LogP contribution in [0.4, 0.5) is 11.7 Å². The van der Waals surface area contributed by atoms with Crippen LogP contribution in [0.5, 0.6) is 0 Å². The lowest BCUT2D eigenvalue weighted by Crippen LogP contribution is -2.31. The highest BCUT2D eigenvalue weighted by molar-refractivity contribution is 6.35. The van der Waals surface area contributed by atoms with Crippen LogP contribution >= 0.6 is 0 Å². The van der Waals surface area contributed by atoms with Gasteiger partial charge in [0.1, 0.15) is 5.52 Å². The Morgan fingerprint density at radius 2 is 1.45 bits per heavy atom. The lowest BCUT2D eigenvalue weighted by molar-refractivity contribution is 0.0926. The second kappa shape index (κ2) is 6.42. The van der Waals surface area contributed by atoms with Crippen LogP contribution in [-0.4, -0.2) is 22.7 Å². The molecule has 1 aliphatic heterocycles. The third-order valence-corrected chi connectivity index (χ3v) is 4.70. The van der Waals surface area contributed by atoms with E-state index in [2.05, 4.69) is 10.3 Å². The second-order valence-corrected chi connectivity index (χ2v) is 6.45. The number of para-hydroxylation sites is 3. The van der Waals surface area contributed by atoms with E-state index in [-0.39, 0.29) is 17.3 Å². The monoisotopic (exact) mass is 383 g/mol. The first-order valence-corrected chi connectivity index (χ1v) is 8.87. The summed E-state index contributed by atoms with van der Waals surface area (Å²) in [5.74, 6) is -1.47. The first-order chi connectivity index (χ1) is 14.1. The van der Waals surface area contributed by atoms with Gasteiger partial charge >= 0.3 is 6.01 Å². The van der Waals surface area contributed by atoms with Crippen molar-refractivity contribution in [3.8, 4) is 0 Å². The number of carbonyl (C=O) groups is 3. The number of rotatable bonds is 3. The van der Waals surface area contributed by atoms with Gasteiger partial charge in [0, 0.05) is 0 Å². The average molecular weight is 383 g/mol. The number of carbonyl (C=O) groups excluding carboxylic acids is 3. The molecule has 7 heteroatoms. The van der Waals surface area contributed by atoms with Crippen molar-refractivity contribution < 1.29 is 18.8 Å². The van der Waals surface area contributed by atoms with E-state index in [4.69, 9.17) is 4.42 Å². The molecular weight excluding hydrogens is 370 g/mol. The maximum atomic E-state index is 12.9. The number of oxazole rings is 1. The molecule has 5 rings (SSSR count). The Kier molecular flexibility index (Phi) is 3.74. The van der Waals surface area contributed by atoms with Gasteiger partial charge in [0.2, 0.25) is 0 Å². The number of fused-ring (bicyclic) bond motifs is 2. The summed E-state index contributed by atoms with van der Waals surface area (Å²) >= 11 is 0. The Labute approximate surface area is 164 Å². The fourth-order valence-corrected chi connectivity index (χ4v) is 3.36.